The highest BCUT2D eigenvalue weighted by atomic mass is 15.0. The molecule has 0 amide bonds. The molecule has 2 nitrogen and oxygen atoms in total. The molecule has 0 bridgehead atoms. The molecular formula is C14H22N2. The van der Waals surface area contributed by atoms with E-state index in [4.69, 9.17) is 0 Å². The molecule has 0 fully saturated rings. The molecule has 0 aliphatic carbocycles. The maximum atomic E-state index is 4.35. The smallest absolute Gasteiger partial charge is 0.0570 e. The van der Waals surface area contributed by atoms with Gasteiger partial charge in [-0.2, -0.15) is 0 Å². The van der Waals surface area contributed by atoms with Crippen LogP contribution in [0.1, 0.15) is 44.8 Å². The van der Waals surface area contributed by atoms with E-state index in [1.54, 1.807) is 0 Å². The Kier molecular flexibility index (Phi) is 5.79. The second kappa shape index (κ2) is 7.18. The lowest BCUT2D eigenvalue weighted by Crippen LogP contribution is -2.29. The van der Waals surface area contributed by atoms with Crippen LogP contribution in [0.25, 0.3) is 0 Å². The minimum absolute atomic E-state index is 0.319. The van der Waals surface area contributed by atoms with E-state index in [1.807, 2.05) is 24.4 Å². The minimum Gasteiger partial charge on any atom is -0.306 e. The Morgan fingerprint density at radius 1 is 1.44 bits per heavy atom. The average molecular weight is 218 g/mol. The Morgan fingerprint density at radius 3 is 2.88 bits per heavy atom. The third kappa shape index (κ3) is 4.58. The molecule has 2 unspecified atom stereocenters. The second-order valence-electron chi connectivity index (χ2n) is 4.26. The minimum atomic E-state index is 0.319. The van der Waals surface area contributed by atoms with Gasteiger partial charge in [-0.1, -0.05) is 12.1 Å². The summed E-state index contributed by atoms with van der Waals surface area (Å²) in [6.45, 7) is 8.12. The third-order valence-corrected chi connectivity index (χ3v) is 2.71. The maximum absolute atomic E-state index is 4.35. The van der Waals surface area contributed by atoms with Gasteiger partial charge in [-0.3, -0.25) is 4.98 Å². The molecule has 0 saturated heterocycles. The molecule has 0 saturated carbocycles. The molecule has 2 heteroatoms. The van der Waals surface area contributed by atoms with E-state index in [0.29, 0.717) is 12.1 Å². The molecule has 0 aliphatic rings. The van der Waals surface area contributed by atoms with Gasteiger partial charge in [-0.05, 0) is 45.2 Å². The van der Waals surface area contributed by atoms with Crippen LogP contribution in [-0.4, -0.2) is 11.0 Å². The van der Waals surface area contributed by atoms with Gasteiger partial charge in [-0.15, -0.1) is 6.58 Å². The van der Waals surface area contributed by atoms with Crippen molar-refractivity contribution in [1.82, 2.24) is 10.3 Å². The largest absolute Gasteiger partial charge is 0.306 e. The molecule has 1 N–H and O–H groups in total. The lowest BCUT2D eigenvalue weighted by Gasteiger charge is -2.19. The number of rotatable bonds is 7. The number of nitrogens with zero attached hydrogens (tertiary/aromatic N) is 1. The topological polar surface area (TPSA) is 24.9 Å². The normalized spacial score (nSPS) is 14.4. The van der Waals surface area contributed by atoms with Gasteiger partial charge < -0.3 is 5.32 Å². The zero-order valence-electron chi connectivity index (χ0n) is 10.3. The van der Waals surface area contributed by atoms with E-state index in [1.165, 1.54) is 12.8 Å². The molecule has 1 rings (SSSR count). The standard InChI is InChI=1S/C14H22N2/c1-4-5-6-9-12(2)16-13(3)14-10-7-8-11-15-14/h4,7-8,10-13,16H,1,5-6,9H2,2-3H3. The summed E-state index contributed by atoms with van der Waals surface area (Å²) in [6, 6.07) is 6.89. The van der Waals surface area contributed by atoms with Crippen molar-refractivity contribution in [3.63, 3.8) is 0 Å². The summed E-state index contributed by atoms with van der Waals surface area (Å²) in [5.41, 5.74) is 1.11. The van der Waals surface area contributed by atoms with Crippen LogP contribution in [0.15, 0.2) is 37.1 Å². The highest BCUT2D eigenvalue weighted by molar-refractivity contribution is 5.07. The molecule has 0 aromatic carbocycles. The van der Waals surface area contributed by atoms with Crippen LogP contribution in [0.5, 0.6) is 0 Å². The van der Waals surface area contributed by atoms with E-state index >= 15 is 0 Å². The first-order valence-corrected chi connectivity index (χ1v) is 6.02. The first-order chi connectivity index (χ1) is 7.74. The Hall–Kier alpha value is -1.15. The predicted molar refractivity (Wildman–Crippen MR) is 69.3 cm³/mol. The van der Waals surface area contributed by atoms with Crippen LogP contribution in [0, 0.1) is 0 Å². The van der Waals surface area contributed by atoms with Gasteiger partial charge in [0.2, 0.25) is 0 Å². The molecule has 16 heavy (non-hydrogen) atoms. The van der Waals surface area contributed by atoms with Crippen molar-refractivity contribution in [1.29, 1.82) is 0 Å². The number of aromatic nitrogens is 1. The monoisotopic (exact) mass is 218 g/mol. The van der Waals surface area contributed by atoms with Gasteiger partial charge in [0.25, 0.3) is 0 Å². The Balaban J connectivity index is 2.33. The van der Waals surface area contributed by atoms with E-state index in [9.17, 15) is 0 Å². The number of pyridine rings is 1. The zero-order chi connectivity index (χ0) is 11.8. The fourth-order valence-corrected chi connectivity index (χ4v) is 1.80. The molecule has 0 spiro atoms. The van der Waals surface area contributed by atoms with Crippen molar-refractivity contribution in [3.8, 4) is 0 Å². The van der Waals surface area contributed by atoms with Crippen molar-refractivity contribution in [2.45, 2.75) is 45.2 Å². The maximum Gasteiger partial charge on any atom is 0.0570 e. The SMILES string of the molecule is C=CCCCC(C)NC(C)c1ccccn1. The van der Waals surface area contributed by atoms with Crippen LogP contribution in [0.2, 0.25) is 0 Å². The van der Waals surface area contributed by atoms with E-state index in [0.717, 1.165) is 12.1 Å². The molecule has 1 aromatic heterocycles. The fraction of sp³-hybridized carbons (Fsp3) is 0.500. The van der Waals surface area contributed by atoms with Crippen LogP contribution in [-0.2, 0) is 0 Å². The molecule has 88 valence electrons. The highest BCUT2D eigenvalue weighted by Crippen LogP contribution is 2.11. The summed E-state index contributed by atoms with van der Waals surface area (Å²) in [5, 5.41) is 3.56. The number of unbranched alkanes of at least 4 members (excludes halogenated alkanes) is 1. The Bertz CT molecular complexity index is 295. The number of allylic oxidation sites excluding steroid dienone is 1. The summed E-state index contributed by atoms with van der Waals surface area (Å²) < 4.78 is 0. The predicted octanol–water partition coefficient (Wildman–Crippen LogP) is 3.48. The van der Waals surface area contributed by atoms with E-state index < -0.39 is 0 Å². The number of nitrogens with one attached hydrogen (secondary N) is 1. The van der Waals surface area contributed by atoms with Crippen molar-refractivity contribution < 1.29 is 0 Å². The first-order valence-electron chi connectivity index (χ1n) is 6.02. The van der Waals surface area contributed by atoms with E-state index in [2.05, 4.69) is 36.8 Å². The van der Waals surface area contributed by atoms with Gasteiger partial charge in [0.1, 0.15) is 0 Å². The summed E-state index contributed by atoms with van der Waals surface area (Å²) in [5.74, 6) is 0. The van der Waals surface area contributed by atoms with Crippen LogP contribution in [0.3, 0.4) is 0 Å². The summed E-state index contributed by atoms with van der Waals surface area (Å²) in [6.07, 6.45) is 7.31. The third-order valence-electron chi connectivity index (χ3n) is 2.71. The fourth-order valence-electron chi connectivity index (χ4n) is 1.80. The van der Waals surface area contributed by atoms with Gasteiger partial charge in [0.15, 0.2) is 0 Å². The quantitative estimate of drug-likeness (QED) is 0.560. The van der Waals surface area contributed by atoms with Crippen molar-refractivity contribution in [2.75, 3.05) is 0 Å². The molecule has 0 aliphatic heterocycles. The molecule has 2 atom stereocenters. The lowest BCUT2D eigenvalue weighted by molar-refractivity contribution is 0.442. The van der Waals surface area contributed by atoms with Crippen molar-refractivity contribution >= 4 is 0 Å². The van der Waals surface area contributed by atoms with E-state index in [-0.39, 0.29) is 0 Å². The highest BCUT2D eigenvalue weighted by Gasteiger charge is 2.09. The first kappa shape index (κ1) is 12.9. The van der Waals surface area contributed by atoms with Crippen LogP contribution in [0.4, 0.5) is 0 Å². The molecule has 0 radical (unpaired) electrons. The molecular weight excluding hydrogens is 196 g/mol. The molecule has 1 heterocycles. The zero-order valence-corrected chi connectivity index (χ0v) is 10.3. The average Bonchev–Trinajstić information content (AvgIpc) is 2.30. The van der Waals surface area contributed by atoms with Gasteiger partial charge in [0, 0.05) is 18.3 Å². The van der Waals surface area contributed by atoms with Gasteiger partial charge in [-0.25, -0.2) is 0 Å². The van der Waals surface area contributed by atoms with Crippen LogP contribution >= 0.6 is 0 Å². The van der Waals surface area contributed by atoms with Crippen molar-refractivity contribution in [2.24, 2.45) is 0 Å². The number of hydrogen-bond acceptors (Lipinski definition) is 2. The Morgan fingerprint density at radius 2 is 2.25 bits per heavy atom. The Labute approximate surface area is 98.8 Å². The summed E-state index contributed by atoms with van der Waals surface area (Å²) in [4.78, 5) is 4.35. The van der Waals surface area contributed by atoms with Crippen molar-refractivity contribution in [3.05, 3.63) is 42.7 Å². The van der Waals surface area contributed by atoms with Crippen LogP contribution < -0.4 is 5.32 Å². The second-order valence-corrected chi connectivity index (χ2v) is 4.26. The summed E-state index contributed by atoms with van der Waals surface area (Å²) >= 11 is 0. The number of hydrogen-bond donors (Lipinski definition) is 1. The molecule has 1 aromatic rings. The van der Waals surface area contributed by atoms with Gasteiger partial charge in [0.05, 0.1) is 5.69 Å². The summed E-state index contributed by atoms with van der Waals surface area (Å²) in [7, 11) is 0. The lowest BCUT2D eigenvalue weighted by atomic mass is 10.1. The van der Waals surface area contributed by atoms with Gasteiger partial charge >= 0.3 is 0 Å².